The molecule has 168 valence electrons. The van der Waals surface area contributed by atoms with Crippen LogP contribution in [0.4, 0.5) is 0 Å². The Labute approximate surface area is 196 Å². The molecule has 0 aliphatic carbocycles. The Kier molecular flexibility index (Phi) is 9.32. The van der Waals surface area contributed by atoms with E-state index in [1.807, 2.05) is 18.2 Å². The van der Waals surface area contributed by atoms with Gasteiger partial charge in [-0.25, -0.2) is 4.99 Å². The van der Waals surface area contributed by atoms with Crippen molar-refractivity contribution in [3.8, 4) is 11.5 Å². The van der Waals surface area contributed by atoms with Gasteiger partial charge in [-0.2, -0.15) is 0 Å². The van der Waals surface area contributed by atoms with E-state index < -0.39 is 0 Å². The van der Waals surface area contributed by atoms with Crippen molar-refractivity contribution < 1.29 is 18.9 Å². The molecule has 0 radical (unpaired) electrons. The lowest BCUT2D eigenvalue weighted by Gasteiger charge is -2.35. The summed E-state index contributed by atoms with van der Waals surface area (Å²) in [5, 5.41) is 3.43. The van der Waals surface area contributed by atoms with Gasteiger partial charge in [0.2, 0.25) is 6.79 Å². The molecule has 3 aliphatic rings. The van der Waals surface area contributed by atoms with E-state index >= 15 is 0 Å². The highest BCUT2D eigenvalue weighted by Gasteiger charge is 2.24. The average molecular weight is 531 g/mol. The highest BCUT2D eigenvalue weighted by Crippen LogP contribution is 2.32. The first kappa shape index (κ1) is 23.4. The molecule has 30 heavy (non-hydrogen) atoms. The zero-order chi connectivity index (χ0) is 19.9. The third kappa shape index (κ3) is 6.37. The topological polar surface area (TPSA) is 64.6 Å². The second-order valence-corrected chi connectivity index (χ2v) is 7.87. The number of rotatable bonds is 6. The zero-order valence-corrected chi connectivity index (χ0v) is 20.1. The van der Waals surface area contributed by atoms with E-state index in [1.54, 1.807) is 0 Å². The van der Waals surface area contributed by atoms with E-state index in [4.69, 9.17) is 23.9 Å². The molecule has 8 heteroatoms. The van der Waals surface area contributed by atoms with Gasteiger partial charge in [-0.1, -0.05) is 6.07 Å². The fraction of sp³-hybridized carbons (Fsp3) is 0.682. The van der Waals surface area contributed by atoms with E-state index in [-0.39, 0.29) is 24.0 Å². The minimum Gasteiger partial charge on any atom is -0.454 e. The molecule has 7 nitrogen and oxygen atoms in total. The molecule has 4 rings (SSSR count). The Morgan fingerprint density at radius 1 is 1.17 bits per heavy atom. The van der Waals surface area contributed by atoms with Crippen molar-refractivity contribution >= 4 is 29.9 Å². The normalized spacial score (nSPS) is 22.0. The van der Waals surface area contributed by atoms with Gasteiger partial charge in [0, 0.05) is 26.2 Å². The molecule has 2 saturated heterocycles. The van der Waals surface area contributed by atoms with E-state index in [0.29, 0.717) is 25.5 Å². The summed E-state index contributed by atoms with van der Waals surface area (Å²) in [6.45, 7) is 7.43. The number of nitrogens with zero attached hydrogens (tertiary/aromatic N) is 2. The van der Waals surface area contributed by atoms with Crippen LogP contribution in [0.2, 0.25) is 0 Å². The van der Waals surface area contributed by atoms with Crippen LogP contribution in [0.25, 0.3) is 0 Å². The van der Waals surface area contributed by atoms with Gasteiger partial charge in [0.25, 0.3) is 0 Å². The number of nitrogens with one attached hydrogen (secondary N) is 1. The predicted molar refractivity (Wildman–Crippen MR) is 127 cm³/mol. The van der Waals surface area contributed by atoms with E-state index in [2.05, 4.69) is 17.1 Å². The molecule has 3 heterocycles. The molecule has 1 aromatic rings. The first-order valence-corrected chi connectivity index (χ1v) is 11.0. The molecule has 0 aromatic heterocycles. The molecular formula is C22H34IN3O4. The van der Waals surface area contributed by atoms with E-state index in [0.717, 1.165) is 75.1 Å². The Morgan fingerprint density at radius 2 is 2.00 bits per heavy atom. The highest BCUT2D eigenvalue weighted by molar-refractivity contribution is 14.0. The molecule has 1 atom stereocenters. The van der Waals surface area contributed by atoms with Crippen molar-refractivity contribution in [1.29, 1.82) is 0 Å². The van der Waals surface area contributed by atoms with Crippen LogP contribution >= 0.6 is 24.0 Å². The lowest BCUT2D eigenvalue weighted by atomic mass is 10.1. The summed E-state index contributed by atoms with van der Waals surface area (Å²) in [7, 11) is 0. The van der Waals surface area contributed by atoms with Crippen molar-refractivity contribution in [1.82, 2.24) is 10.2 Å². The molecule has 2 fully saturated rings. The van der Waals surface area contributed by atoms with Gasteiger partial charge in [0.15, 0.2) is 17.5 Å². The Balaban J connectivity index is 0.00000256. The third-order valence-corrected chi connectivity index (χ3v) is 5.72. The molecule has 1 aromatic carbocycles. The van der Waals surface area contributed by atoms with Crippen molar-refractivity contribution in [2.75, 3.05) is 39.6 Å². The number of hydrogen-bond acceptors (Lipinski definition) is 5. The maximum absolute atomic E-state index is 6.14. The maximum Gasteiger partial charge on any atom is 0.231 e. The van der Waals surface area contributed by atoms with Crippen LogP contribution in [0, 0.1) is 0 Å². The van der Waals surface area contributed by atoms with Gasteiger partial charge < -0.3 is 29.2 Å². The number of hydrogen-bond donors (Lipinski definition) is 1. The Morgan fingerprint density at radius 3 is 2.77 bits per heavy atom. The van der Waals surface area contributed by atoms with Crippen molar-refractivity contribution in [2.45, 2.75) is 57.8 Å². The number of fused-ring (bicyclic) bond motifs is 1. The molecule has 0 bridgehead atoms. The Bertz CT molecular complexity index is 689. The van der Waals surface area contributed by atoms with Gasteiger partial charge in [0.1, 0.15) is 0 Å². The number of piperidine rings is 1. The maximum atomic E-state index is 6.14. The van der Waals surface area contributed by atoms with Crippen LogP contribution < -0.4 is 14.8 Å². The van der Waals surface area contributed by atoms with Crippen LogP contribution in [0.1, 0.15) is 44.6 Å². The number of benzene rings is 1. The second-order valence-electron chi connectivity index (χ2n) is 7.87. The smallest absolute Gasteiger partial charge is 0.231 e. The monoisotopic (exact) mass is 531 g/mol. The van der Waals surface area contributed by atoms with E-state index in [9.17, 15) is 0 Å². The van der Waals surface area contributed by atoms with Gasteiger partial charge >= 0.3 is 0 Å². The van der Waals surface area contributed by atoms with Gasteiger partial charge in [-0.15, -0.1) is 24.0 Å². The van der Waals surface area contributed by atoms with Crippen LogP contribution in [-0.2, 0) is 16.0 Å². The quantitative estimate of drug-likeness (QED) is 0.344. The first-order chi connectivity index (χ1) is 14.3. The largest absolute Gasteiger partial charge is 0.454 e. The summed E-state index contributed by atoms with van der Waals surface area (Å²) in [4.78, 5) is 7.19. The molecular weight excluding hydrogens is 497 g/mol. The van der Waals surface area contributed by atoms with E-state index in [1.165, 1.54) is 12.8 Å². The lowest BCUT2D eigenvalue weighted by Crippen LogP contribution is -2.47. The predicted octanol–water partition coefficient (Wildman–Crippen LogP) is 3.55. The van der Waals surface area contributed by atoms with Crippen LogP contribution in [0.3, 0.4) is 0 Å². The summed E-state index contributed by atoms with van der Waals surface area (Å²) in [6.07, 6.45) is 6.26. The van der Waals surface area contributed by atoms with Gasteiger partial charge in [0.05, 0.1) is 25.4 Å². The standard InChI is InChI=1S/C22H33N3O4.HI/c1-2-23-22(24-14-17-6-7-20-21(13-17)29-16-28-20)25-10-8-18(9-11-25)27-15-19-5-3-4-12-26-19;/h6-7,13,18-19H,2-5,8-12,14-16H2,1H3,(H,23,24);1H. The zero-order valence-electron chi connectivity index (χ0n) is 17.8. The Hall–Kier alpha value is -1.26. The van der Waals surface area contributed by atoms with Crippen molar-refractivity contribution in [2.24, 2.45) is 4.99 Å². The average Bonchev–Trinajstić information content (AvgIpc) is 3.24. The summed E-state index contributed by atoms with van der Waals surface area (Å²) in [6, 6.07) is 6.02. The summed E-state index contributed by atoms with van der Waals surface area (Å²) in [5.41, 5.74) is 1.12. The summed E-state index contributed by atoms with van der Waals surface area (Å²) in [5.74, 6) is 2.59. The van der Waals surface area contributed by atoms with Gasteiger partial charge in [-0.05, 0) is 56.7 Å². The summed E-state index contributed by atoms with van der Waals surface area (Å²) < 4.78 is 22.8. The molecule has 1 N–H and O–H groups in total. The fourth-order valence-electron chi connectivity index (χ4n) is 4.05. The second kappa shape index (κ2) is 12.0. The molecule has 1 unspecified atom stereocenters. The number of ether oxygens (including phenoxy) is 4. The lowest BCUT2D eigenvalue weighted by molar-refractivity contribution is -0.0721. The van der Waals surface area contributed by atoms with Crippen LogP contribution in [0.5, 0.6) is 11.5 Å². The summed E-state index contributed by atoms with van der Waals surface area (Å²) >= 11 is 0. The van der Waals surface area contributed by atoms with Crippen LogP contribution in [-0.4, -0.2) is 62.7 Å². The van der Waals surface area contributed by atoms with Gasteiger partial charge in [-0.3, -0.25) is 0 Å². The molecule has 3 aliphatic heterocycles. The van der Waals surface area contributed by atoms with Crippen LogP contribution in [0.15, 0.2) is 23.2 Å². The number of aliphatic imine (C=N–C) groups is 1. The first-order valence-electron chi connectivity index (χ1n) is 11.0. The third-order valence-electron chi connectivity index (χ3n) is 5.72. The number of halogens is 1. The highest BCUT2D eigenvalue weighted by atomic mass is 127. The number of guanidine groups is 1. The number of likely N-dealkylation sites (tertiary alicyclic amines) is 1. The molecule has 0 spiro atoms. The molecule has 0 amide bonds. The molecule has 0 saturated carbocycles. The minimum absolute atomic E-state index is 0. The SMILES string of the molecule is CCNC(=NCc1ccc2c(c1)OCO2)N1CCC(OCC2CCCCO2)CC1.I. The van der Waals surface area contributed by atoms with Crippen molar-refractivity contribution in [3.05, 3.63) is 23.8 Å². The fourth-order valence-corrected chi connectivity index (χ4v) is 4.05. The van der Waals surface area contributed by atoms with Crippen molar-refractivity contribution in [3.63, 3.8) is 0 Å². The minimum atomic E-state index is 0.